The van der Waals surface area contributed by atoms with Crippen molar-refractivity contribution in [3.05, 3.63) is 49.1 Å². The summed E-state index contributed by atoms with van der Waals surface area (Å²) < 4.78 is 1.52. The molecule has 0 atom stereocenters. The molecule has 0 unspecified atom stereocenters. The number of nitrogens with zero attached hydrogens (tertiary/aromatic N) is 2. The van der Waals surface area contributed by atoms with Crippen molar-refractivity contribution in [1.29, 1.82) is 0 Å². The third kappa shape index (κ3) is 1.64. The molecule has 3 nitrogen and oxygen atoms in total. The highest BCUT2D eigenvalue weighted by atomic mass is 15.3. The van der Waals surface area contributed by atoms with Crippen LogP contribution in [0.1, 0.15) is 0 Å². The van der Waals surface area contributed by atoms with Crippen molar-refractivity contribution in [2.75, 3.05) is 5.84 Å². The third-order valence-electron chi connectivity index (χ3n) is 1.87. The second kappa shape index (κ2) is 3.23. The van der Waals surface area contributed by atoms with E-state index in [4.69, 9.17) is 5.84 Å². The summed E-state index contributed by atoms with van der Waals surface area (Å²) in [6, 6.07) is 7.87. The van der Waals surface area contributed by atoms with Gasteiger partial charge in [-0.1, -0.05) is 4.68 Å². The largest absolute Gasteiger partial charge is 0.265 e. The molecule has 0 radical (unpaired) electrons. The molecule has 0 aliphatic carbocycles. The highest BCUT2D eigenvalue weighted by Crippen LogP contribution is 2.15. The van der Waals surface area contributed by atoms with E-state index in [-0.39, 0.29) is 0 Å². The van der Waals surface area contributed by atoms with Crippen LogP contribution in [0.3, 0.4) is 0 Å². The average molecular weight is 172 g/mol. The minimum Gasteiger partial charge on any atom is -0.265 e. The Morgan fingerprint density at radius 1 is 0.923 bits per heavy atom. The zero-order valence-electron chi connectivity index (χ0n) is 7.09. The molecule has 3 heteroatoms. The molecule has 0 amide bonds. The monoisotopic (exact) mass is 172 g/mol. The first-order valence-electron chi connectivity index (χ1n) is 4.03. The maximum atomic E-state index is 5.51. The zero-order chi connectivity index (χ0) is 9.10. The van der Waals surface area contributed by atoms with E-state index in [2.05, 4.69) is 4.98 Å². The first-order valence-corrected chi connectivity index (χ1v) is 4.03. The van der Waals surface area contributed by atoms with Crippen LogP contribution in [0.25, 0.3) is 11.1 Å². The second-order valence-corrected chi connectivity index (χ2v) is 2.77. The van der Waals surface area contributed by atoms with Gasteiger partial charge in [0.2, 0.25) is 0 Å². The normalized spacial score (nSPS) is 9.85. The van der Waals surface area contributed by atoms with Gasteiger partial charge in [0.05, 0.1) is 0 Å². The summed E-state index contributed by atoms with van der Waals surface area (Å²) in [5.41, 5.74) is 2.29. The quantitative estimate of drug-likeness (QED) is 0.509. The lowest BCUT2D eigenvalue weighted by atomic mass is 10.1. The van der Waals surface area contributed by atoms with Gasteiger partial charge in [0, 0.05) is 24.5 Å². The van der Waals surface area contributed by atoms with Crippen molar-refractivity contribution in [2.45, 2.75) is 0 Å². The van der Waals surface area contributed by atoms with E-state index >= 15 is 0 Å². The van der Waals surface area contributed by atoms with E-state index in [1.54, 1.807) is 12.4 Å². The molecule has 2 rings (SSSR count). The van der Waals surface area contributed by atoms with Gasteiger partial charge in [0.15, 0.2) is 12.4 Å². The summed E-state index contributed by atoms with van der Waals surface area (Å²) in [5, 5.41) is 0. The molecule has 0 fully saturated rings. The molecular weight excluding hydrogens is 162 g/mol. The fourth-order valence-electron chi connectivity index (χ4n) is 1.17. The molecule has 2 N–H and O–H groups in total. The third-order valence-corrected chi connectivity index (χ3v) is 1.87. The van der Waals surface area contributed by atoms with Crippen molar-refractivity contribution in [3.63, 3.8) is 0 Å². The van der Waals surface area contributed by atoms with Gasteiger partial charge >= 0.3 is 0 Å². The molecule has 64 valence electrons. The van der Waals surface area contributed by atoms with Crippen molar-refractivity contribution >= 4 is 0 Å². The summed E-state index contributed by atoms with van der Waals surface area (Å²) in [4.78, 5) is 3.96. The Morgan fingerprint density at radius 2 is 1.46 bits per heavy atom. The first-order chi connectivity index (χ1) is 6.36. The zero-order valence-corrected chi connectivity index (χ0v) is 7.09. The number of rotatable bonds is 1. The van der Waals surface area contributed by atoms with E-state index in [0.717, 1.165) is 11.1 Å². The van der Waals surface area contributed by atoms with Gasteiger partial charge in [-0.15, -0.1) is 0 Å². The number of nitrogen functional groups attached to an aromatic ring is 1. The SMILES string of the molecule is N[n+]1ccc(-c2ccncc2)cc1. The van der Waals surface area contributed by atoms with Gasteiger partial charge in [-0.2, -0.15) is 0 Å². The topological polar surface area (TPSA) is 42.8 Å². The molecule has 0 aliphatic heterocycles. The van der Waals surface area contributed by atoms with Gasteiger partial charge in [-0.05, 0) is 23.3 Å². The molecule has 0 aromatic carbocycles. The standard InChI is InChI=1S/C10H10N3/c11-13-7-3-10(4-8-13)9-1-5-12-6-2-9/h1-8H,11H2/q+1. The molecule has 0 bridgehead atoms. The molecule has 2 heterocycles. The van der Waals surface area contributed by atoms with Gasteiger partial charge in [-0.25, -0.2) is 5.84 Å². The van der Waals surface area contributed by atoms with Crippen LogP contribution in [-0.4, -0.2) is 4.98 Å². The van der Waals surface area contributed by atoms with E-state index in [0.29, 0.717) is 0 Å². The van der Waals surface area contributed by atoms with Gasteiger partial charge in [0.25, 0.3) is 0 Å². The molecule has 0 saturated heterocycles. The maximum absolute atomic E-state index is 5.51. The van der Waals surface area contributed by atoms with E-state index < -0.39 is 0 Å². The number of nitrogens with two attached hydrogens (primary N) is 1. The molecule has 2 aromatic rings. The Hall–Kier alpha value is -1.90. The van der Waals surface area contributed by atoms with Crippen molar-refractivity contribution in [3.8, 4) is 11.1 Å². The average Bonchev–Trinajstić information content (AvgIpc) is 2.20. The predicted molar refractivity (Wildman–Crippen MR) is 50.0 cm³/mol. The Morgan fingerprint density at radius 3 is 2.08 bits per heavy atom. The number of aromatic nitrogens is 2. The van der Waals surface area contributed by atoms with Crippen molar-refractivity contribution in [2.24, 2.45) is 0 Å². The van der Waals surface area contributed by atoms with Gasteiger partial charge in [0.1, 0.15) is 0 Å². The maximum Gasteiger partial charge on any atom is 0.199 e. The molecular formula is C10H10N3+. The molecule has 0 spiro atoms. The Kier molecular flexibility index (Phi) is 1.92. The highest BCUT2D eigenvalue weighted by molar-refractivity contribution is 5.61. The van der Waals surface area contributed by atoms with Crippen molar-refractivity contribution < 1.29 is 4.68 Å². The molecule has 0 aliphatic rings. The Balaban J connectivity index is 2.42. The van der Waals surface area contributed by atoms with Gasteiger partial charge < -0.3 is 0 Å². The molecule has 13 heavy (non-hydrogen) atoms. The summed E-state index contributed by atoms with van der Waals surface area (Å²) >= 11 is 0. The summed E-state index contributed by atoms with van der Waals surface area (Å²) in [5.74, 6) is 5.51. The van der Waals surface area contributed by atoms with Gasteiger partial charge in [-0.3, -0.25) is 4.98 Å². The van der Waals surface area contributed by atoms with Crippen LogP contribution in [-0.2, 0) is 0 Å². The number of hydrogen-bond acceptors (Lipinski definition) is 2. The number of hydrogen-bond donors (Lipinski definition) is 1. The minimum absolute atomic E-state index is 1.14. The van der Waals surface area contributed by atoms with Crippen LogP contribution in [0.4, 0.5) is 0 Å². The fourth-order valence-corrected chi connectivity index (χ4v) is 1.17. The number of pyridine rings is 2. The van der Waals surface area contributed by atoms with Crippen LogP contribution >= 0.6 is 0 Å². The fraction of sp³-hybridized carbons (Fsp3) is 0. The van der Waals surface area contributed by atoms with Crippen LogP contribution in [0.2, 0.25) is 0 Å². The van der Waals surface area contributed by atoms with Crippen LogP contribution < -0.4 is 10.5 Å². The van der Waals surface area contributed by atoms with E-state index in [9.17, 15) is 0 Å². The smallest absolute Gasteiger partial charge is 0.199 e. The summed E-state index contributed by atoms with van der Waals surface area (Å²) in [7, 11) is 0. The minimum atomic E-state index is 1.14. The summed E-state index contributed by atoms with van der Waals surface area (Å²) in [6.07, 6.45) is 7.18. The Labute approximate surface area is 76.4 Å². The highest BCUT2D eigenvalue weighted by Gasteiger charge is 1.98. The van der Waals surface area contributed by atoms with Crippen LogP contribution in [0.15, 0.2) is 49.1 Å². The van der Waals surface area contributed by atoms with E-state index in [1.165, 1.54) is 4.68 Å². The molecule has 2 aromatic heterocycles. The lowest BCUT2D eigenvalue weighted by Crippen LogP contribution is -2.43. The lowest BCUT2D eigenvalue weighted by Gasteiger charge is -1.97. The molecule has 0 saturated carbocycles. The lowest BCUT2D eigenvalue weighted by molar-refractivity contribution is -0.638. The van der Waals surface area contributed by atoms with Crippen LogP contribution in [0, 0.1) is 0 Å². The summed E-state index contributed by atoms with van der Waals surface area (Å²) in [6.45, 7) is 0. The van der Waals surface area contributed by atoms with Crippen LogP contribution in [0.5, 0.6) is 0 Å². The Bertz CT molecular complexity index is 381. The van der Waals surface area contributed by atoms with Crippen molar-refractivity contribution in [1.82, 2.24) is 4.98 Å². The second-order valence-electron chi connectivity index (χ2n) is 2.77. The first kappa shape index (κ1) is 7.73. The predicted octanol–water partition coefficient (Wildman–Crippen LogP) is 0.750. The van der Waals surface area contributed by atoms with E-state index in [1.807, 2.05) is 36.7 Å².